The number of halogens is 1. The molecule has 29 heavy (non-hydrogen) atoms. The lowest BCUT2D eigenvalue weighted by atomic mass is 9.97. The molecule has 2 saturated heterocycles. The topological polar surface area (TPSA) is 77.3 Å². The summed E-state index contributed by atoms with van der Waals surface area (Å²) in [7, 11) is 1.72. The molecule has 3 aliphatic heterocycles. The number of hydrogen-bond donors (Lipinski definition) is 0. The maximum atomic E-state index is 15.0. The van der Waals surface area contributed by atoms with Crippen molar-refractivity contribution in [3.05, 3.63) is 35.8 Å². The highest BCUT2D eigenvalue weighted by Crippen LogP contribution is 2.54. The summed E-state index contributed by atoms with van der Waals surface area (Å²) < 4.78 is 36.2. The summed E-state index contributed by atoms with van der Waals surface area (Å²) >= 11 is 0. The number of fused-ring (bicyclic) bond motifs is 3. The van der Waals surface area contributed by atoms with E-state index in [4.69, 9.17) is 18.7 Å². The fourth-order valence-corrected chi connectivity index (χ4v) is 5.18. The van der Waals surface area contributed by atoms with Gasteiger partial charge in [0.2, 0.25) is 0 Å². The summed E-state index contributed by atoms with van der Waals surface area (Å²) in [6.45, 7) is 4.24. The number of anilines is 2. The smallest absolute Gasteiger partial charge is 0.418 e. The molecule has 4 aliphatic rings. The summed E-state index contributed by atoms with van der Waals surface area (Å²) in [5.74, 6) is 0.459. The van der Waals surface area contributed by atoms with E-state index in [1.807, 2.05) is 0 Å². The van der Waals surface area contributed by atoms with Gasteiger partial charge >= 0.3 is 11.9 Å². The van der Waals surface area contributed by atoms with E-state index in [-0.39, 0.29) is 5.82 Å². The fourth-order valence-electron chi connectivity index (χ4n) is 5.18. The summed E-state index contributed by atoms with van der Waals surface area (Å²) in [5, 5.41) is 3.70. The Bertz CT molecular complexity index is 1000. The van der Waals surface area contributed by atoms with Gasteiger partial charge in [0, 0.05) is 26.8 Å². The zero-order valence-corrected chi connectivity index (χ0v) is 16.0. The van der Waals surface area contributed by atoms with Crippen LogP contribution in [-0.2, 0) is 15.3 Å². The molecule has 5 atom stereocenters. The molecular weight excluding hydrogens is 381 g/mol. The van der Waals surface area contributed by atoms with Gasteiger partial charge in [0.25, 0.3) is 5.88 Å². The average Bonchev–Trinajstić information content (AvgIpc) is 3.04. The number of ether oxygens (including phenoxy) is 3. The molecule has 1 spiro atoms. The van der Waals surface area contributed by atoms with Crippen molar-refractivity contribution < 1.29 is 27.9 Å². The molecule has 2 aromatic rings. The number of nitrogens with zero attached hydrogens (tertiary/aromatic N) is 3. The highest BCUT2D eigenvalue weighted by atomic mass is 19.1. The summed E-state index contributed by atoms with van der Waals surface area (Å²) in [5.41, 5.74) is 1.57. The van der Waals surface area contributed by atoms with Crippen molar-refractivity contribution in [3.63, 3.8) is 0 Å². The number of hydrogen-bond acceptors (Lipinski definition) is 7. The van der Waals surface area contributed by atoms with Gasteiger partial charge < -0.3 is 23.6 Å². The fraction of sp³-hybridized carbons (Fsp3) is 0.500. The maximum Gasteiger partial charge on any atom is 0.418 e. The van der Waals surface area contributed by atoms with Crippen LogP contribution in [0.5, 0.6) is 5.88 Å². The second-order valence-corrected chi connectivity index (χ2v) is 8.20. The van der Waals surface area contributed by atoms with Gasteiger partial charge in [-0.15, -0.1) is 0 Å². The van der Waals surface area contributed by atoms with E-state index in [0.717, 1.165) is 19.7 Å². The quantitative estimate of drug-likeness (QED) is 0.780. The van der Waals surface area contributed by atoms with Crippen molar-refractivity contribution in [3.8, 4) is 5.88 Å². The standard InChI is InChI=1S/C20H20FN3O5/c1-10-20(15-9-27-22-18(15)28-20)29-19(25)24(10)11-3-4-17(16(21)5-11)23-6-12-13(7-23)14(12)8-26-2/h3-5,9-10,12-14H,6-8H2,1-2H3/t10?,12-,13+,14?,20-/m0/s1. The van der Waals surface area contributed by atoms with Crippen molar-refractivity contribution >= 4 is 17.5 Å². The third-order valence-corrected chi connectivity index (χ3v) is 6.81. The lowest BCUT2D eigenvalue weighted by Gasteiger charge is -2.37. The summed E-state index contributed by atoms with van der Waals surface area (Å²) in [4.78, 5) is 16.0. The van der Waals surface area contributed by atoms with E-state index >= 15 is 0 Å². The zero-order chi connectivity index (χ0) is 19.9. The van der Waals surface area contributed by atoms with Gasteiger partial charge in [-0.05, 0) is 48.0 Å². The summed E-state index contributed by atoms with van der Waals surface area (Å²) in [6, 6.07) is 4.37. The van der Waals surface area contributed by atoms with E-state index in [9.17, 15) is 9.18 Å². The van der Waals surface area contributed by atoms with Crippen LogP contribution in [0.4, 0.5) is 20.6 Å². The maximum absolute atomic E-state index is 15.0. The first kappa shape index (κ1) is 17.1. The van der Waals surface area contributed by atoms with Crippen LogP contribution in [0, 0.1) is 23.6 Å². The molecular formula is C20H20FN3O5. The minimum atomic E-state index is -1.26. The van der Waals surface area contributed by atoms with E-state index in [0.29, 0.717) is 40.6 Å². The number of carbonyl (C=O) groups excluding carboxylic acids is 1. The van der Waals surface area contributed by atoms with Crippen LogP contribution in [0.1, 0.15) is 12.5 Å². The van der Waals surface area contributed by atoms with E-state index in [1.165, 1.54) is 17.2 Å². The van der Waals surface area contributed by atoms with Gasteiger partial charge in [0.15, 0.2) is 0 Å². The van der Waals surface area contributed by atoms with Crippen LogP contribution in [0.25, 0.3) is 0 Å². The number of amides is 1. The van der Waals surface area contributed by atoms with Crippen molar-refractivity contribution in [1.29, 1.82) is 0 Å². The molecule has 1 aromatic heterocycles. The lowest BCUT2D eigenvalue weighted by molar-refractivity contribution is -0.170. The van der Waals surface area contributed by atoms with Crippen molar-refractivity contribution in [2.75, 3.05) is 36.6 Å². The highest BCUT2D eigenvalue weighted by Gasteiger charge is 2.64. The minimum absolute atomic E-state index is 0.312. The number of aromatic nitrogens is 1. The van der Waals surface area contributed by atoms with E-state index < -0.39 is 17.9 Å². The number of piperidine rings is 1. The van der Waals surface area contributed by atoms with Gasteiger partial charge in [-0.2, -0.15) is 0 Å². The Morgan fingerprint density at radius 3 is 2.79 bits per heavy atom. The Labute approximate surface area is 166 Å². The molecule has 152 valence electrons. The Balaban J connectivity index is 1.23. The molecule has 2 unspecified atom stereocenters. The Hall–Kier alpha value is -2.81. The molecule has 1 aromatic carbocycles. The van der Waals surface area contributed by atoms with Gasteiger partial charge in [-0.3, -0.25) is 4.90 Å². The van der Waals surface area contributed by atoms with Crippen LogP contribution in [0.2, 0.25) is 0 Å². The van der Waals surface area contributed by atoms with Gasteiger partial charge in [0.05, 0.1) is 11.4 Å². The molecule has 1 saturated carbocycles. The number of rotatable bonds is 4. The predicted octanol–water partition coefficient (Wildman–Crippen LogP) is 2.73. The molecule has 0 bridgehead atoms. The van der Waals surface area contributed by atoms with Crippen LogP contribution in [0.3, 0.4) is 0 Å². The first-order valence-electron chi connectivity index (χ1n) is 9.73. The normalized spacial score (nSPS) is 34.0. The van der Waals surface area contributed by atoms with Gasteiger partial charge in [0.1, 0.15) is 23.7 Å². The number of carbonyl (C=O) groups is 1. The number of methoxy groups -OCH3 is 1. The first-order chi connectivity index (χ1) is 14.0. The zero-order valence-electron chi connectivity index (χ0n) is 16.0. The predicted molar refractivity (Wildman–Crippen MR) is 98.2 cm³/mol. The lowest BCUT2D eigenvalue weighted by Crippen LogP contribution is -2.51. The van der Waals surface area contributed by atoms with Crippen molar-refractivity contribution in [2.45, 2.75) is 18.8 Å². The largest absolute Gasteiger partial charge is 0.425 e. The van der Waals surface area contributed by atoms with Crippen LogP contribution >= 0.6 is 0 Å². The Morgan fingerprint density at radius 2 is 2.10 bits per heavy atom. The third-order valence-electron chi connectivity index (χ3n) is 6.81. The first-order valence-corrected chi connectivity index (χ1v) is 9.73. The van der Waals surface area contributed by atoms with Crippen LogP contribution in [-0.4, -0.2) is 44.1 Å². The molecule has 1 aliphatic carbocycles. The van der Waals surface area contributed by atoms with E-state index in [2.05, 4.69) is 10.1 Å². The Kier molecular flexibility index (Phi) is 3.31. The molecule has 6 rings (SSSR count). The monoisotopic (exact) mass is 401 g/mol. The summed E-state index contributed by atoms with van der Waals surface area (Å²) in [6.07, 6.45) is 0.812. The average molecular weight is 401 g/mol. The highest BCUT2D eigenvalue weighted by molar-refractivity contribution is 5.92. The second kappa shape index (κ2) is 5.63. The molecule has 4 heterocycles. The Morgan fingerprint density at radius 1 is 1.31 bits per heavy atom. The number of benzene rings is 1. The van der Waals surface area contributed by atoms with Gasteiger partial charge in [-0.1, -0.05) is 0 Å². The van der Waals surface area contributed by atoms with Crippen LogP contribution in [0.15, 0.2) is 29.0 Å². The molecule has 9 heteroatoms. The van der Waals surface area contributed by atoms with Crippen molar-refractivity contribution in [1.82, 2.24) is 5.16 Å². The molecule has 1 amide bonds. The SMILES string of the molecule is COCC1[C@H]2CN(c3ccc(N4C(=O)O[C@@]5(Oc6nocc65)C4C)cc3F)C[C@@H]12. The molecule has 0 N–H and O–H groups in total. The minimum Gasteiger partial charge on any atom is -0.425 e. The van der Waals surface area contributed by atoms with Crippen LogP contribution < -0.4 is 14.5 Å². The third kappa shape index (κ3) is 2.16. The van der Waals surface area contributed by atoms with E-state index in [1.54, 1.807) is 26.2 Å². The van der Waals surface area contributed by atoms with Gasteiger partial charge in [-0.25, -0.2) is 9.18 Å². The molecule has 0 radical (unpaired) electrons. The second-order valence-electron chi connectivity index (χ2n) is 8.20. The van der Waals surface area contributed by atoms with Crippen molar-refractivity contribution in [2.24, 2.45) is 17.8 Å². The molecule has 3 fully saturated rings. The molecule has 8 nitrogen and oxygen atoms in total.